The molecule has 2 aromatic carbocycles. The van der Waals surface area contributed by atoms with E-state index in [1.54, 1.807) is 37.4 Å². The molecular weight excluding hydrogens is 459 g/mol. The Morgan fingerprint density at radius 2 is 1.91 bits per heavy atom. The van der Waals surface area contributed by atoms with Gasteiger partial charge in [0.25, 0.3) is 5.91 Å². The summed E-state index contributed by atoms with van der Waals surface area (Å²) in [7, 11) is 1.59. The number of fused-ring (bicyclic) bond motifs is 2. The van der Waals surface area contributed by atoms with E-state index in [1.165, 1.54) is 6.07 Å². The molecule has 3 heterocycles. The third-order valence-corrected chi connectivity index (χ3v) is 5.67. The van der Waals surface area contributed by atoms with Crippen LogP contribution < -0.4 is 10.1 Å². The molecule has 0 aliphatic carbocycles. The highest BCUT2D eigenvalue weighted by atomic mass is 19.4. The van der Waals surface area contributed by atoms with E-state index in [9.17, 15) is 18.0 Å². The van der Waals surface area contributed by atoms with Gasteiger partial charge in [0.15, 0.2) is 17.0 Å². The molecule has 0 fully saturated rings. The van der Waals surface area contributed by atoms with Crippen LogP contribution in [0.1, 0.15) is 21.7 Å². The number of carbonyl (C=O) groups excluding carboxylic acids is 1. The molecule has 0 saturated carbocycles. The minimum atomic E-state index is -4.68. The van der Waals surface area contributed by atoms with Crippen LogP contribution in [0.25, 0.3) is 27.8 Å². The van der Waals surface area contributed by atoms with Crippen molar-refractivity contribution >= 4 is 22.5 Å². The standard InChI is InChI=1S/C25H20F3N5O2/c1-35-17-7-8-19-18(11-17)16(14-30-19)9-10-29-24(34)21-13-23-31-20(15-5-3-2-4-6-15)12-22(25(26,27)28)33(23)32-21/h2-8,11-14,30H,9-10H2,1H3,(H,29,34). The van der Waals surface area contributed by atoms with Crippen molar-refractivity contribution in [1.82, 2.24) is 24.9 Å². The van der Waals surface area contributed by atoms with Crippen molar-refractivity contribution in [3.05, 3.63) is 83.8 Å². The fourth-order valence-corrected chi connectivity index (χ4v) is 3.94. The van der Waals surface area contributed by atoms with Crippen molar-refractivity contribution in [1.29, 1.82) is 0 Å². The Morgan fingerprint density at radius 3 is 2.66 bits per heavy atom. The molecule has 1 amide bonds. The minimum absolute atomic E-state index is 0.0625. The highest BCUT2D eigenvalue weighted by Gasteiger charge is 2.35. The van der Waals surface area contributed by atoms with E-state index in [0.29, 0.717) is 16.5 Å². The second-order valence-electron chi connectivity index (χ2n) is 7.92. The third kappa shape index (κ3) is 4.42. The number of aromatic amines is 1. The number of alkyl halides is 3. The first kappa shape index (κ1) is 22.5. The number of methoxy groups -OCH3 is 1. The zero-order valence-corrected chi connectivity index (χ0v) is 18.6. The molecule has 0 saturated heterocycles. The molecule has 0 atom stereocenters. The number of nitrogens with zero attached hydrogens (tertiary/aromatic N) is 3. The first-order valence-corrected chi connectivity index (χ1v) is 10.8. The molecule has 7 nitrogen and oxygen atoms in total. The van der Waals surface area contributed by atoms with Crippen LogP contribution in [0.2, 0.25) is 0 Å². The molecule has 0 bridgehead atoms. The number of halogens is 3. The van der Waals surface area contributed by atoms with Gasteiger partial charge < -0.3 is 15.0 Å². The summed E-state index contributed by atoms with van der Waals surface area (Å²) in [5.41, 5.74) is 1.37. The van der Waals surface area contributed by atoms with Crippen molar-refractivity contribution in [2.45, 2.75) is 12.6 Å². The average molecular weight is 479 g/mol. The van der Waals surface area contributed by atoms with Crippen molar-refractivity contribution in [2.75, 3.05) is 13.7 Å². The number of rotatable bonds is 6. The molecular formula is C25H20F3N5O2. The van der Waals surface area contributed by atoms with Gasteiger partial charge in [0.05, 0.1) is 12.8 Å². The Morgan fingerprint density at radius 1 is 1.11 bits per heavy atom. The molecule has 0 unspecified atom stereocenters. The number of nitrogens with one attached hydrogen (secondary N) is 2. The highest BCUT2D eigenvalue weighted by Crippen LogP contribution is 2.32. The lowest BCUT2D eigenvalue weighted by Gasteiger charge is -2.10. The molecule has 178 valence electrons. The van der Waals surface area contributed by atoms with Gasteiger partial charge in [-0.2, -0.15) is 18.3 Å². The number of hydrogen-bond acceptors (Lipinski definition) is 4. The Labute approximate surface area is 197 Å². The number of amides is 1. The van der Waals surface area contributed by atoms with E-state index in [4.69, 9.17) is 4.74 Å². The van der Waals surface area contributed by atoms with Gasteiger partial charge in [0, 0.05) is 35.3 Å². The maximum absolute atomic E-state index is 13.8. The first-order valence-electron chi connectivity index (χ1n) is 10.8. The topological polar surface area (TPSA) is 84.3 Å². The molecule has 3 aromatic heterocycles. The Hall–Kier alpha value is -4.34. The molecule has 35 heavy (non-hydrogen) atoms. The molecule has 5 rings (SSSR count). The van der Waals surface area contributed by atoms with Gasteiger partial charge >= 0.3 is 6.18 Å². The Balaban J connectivity index is 1.38. The van der Waals surface area contributed by atoms with Crippen LogP contribution >= 0.6 is 0 Å². The van der Waals surface area contributed by atoms with Crippen molar-refractivity contribution < 1.29 is 22.7 Å². The predicted octanol–water partition coefficient (Wildman–Crippen LogP) is 4.88. The zero-order chi connectivity index (χ0) is 24.6. The van der Waals surface area contributed by atoms with Crippen LogP contribution in [0.3, 0.4) is 0 Å². The van der Waals surface area contributed by atoms with E-state index in [1.807, 2.05) is 24.4 Å². The third-order valence-electron chi connectivity index (χ3n) is 5.67. The van der Waals surface area contributed by atoms with E-state index in [0.717, 1.165) is 28.3 Å². The van der Waals surface area contributed by atoms with E-state index in [-0.39, 0.29) is 23.6 Å². The van der Waals surface area contributed by atoms with E-state index in [2.05, 4.69) is 20.4 Å². The fourth-order valence-electron chi connectivity index (χ4n) is 3.94. The molecule has 0 spiro atoms. The van der Waals surface area contributed by atoms with Crippen molar-refractivity contribution in [2.24, 2.45) is 0 Å². The predicted molar refractivity (Wildman–Crippen MR) is 124 cm³/mol. The van der Waals surface area contributed by atoms with Crippen LogP contribution in [0.5, 0.6) is 5.75 Å². The number of carbonyl (C=O) groups is 1. The SMILES string of the molecule is COc1ccc2[nH]cc(CCNC(=O)c3cc4nc(-c5ccccc5)cc(C(F)(F)F)n4n3)c2c1. The number of hydrogen-bond donors (Lipinski definition) is 2. The largest absolute Gasteiger partial charge is 0.497 e. The molecule has 0 radical (unpaired) electrons. The summed E-state index contributed by atoms with van der Waals surface area (Å²) in [6.45, 7) is 0.270. The lowest BCUT2D eigenvalue weighted by molar-refractivity contribution is -0.142. The number of H-pyrrole nitrogens is 1. The summed E-state index contributed by atoms with van der Waals surface area (Å²) in [4.78, 5) is 20.2. The normalized spacial score (nSPS) is 11.8. The maximum atomic E-state index is 13.8. The molecule has 2 N–H and O–H groups in total. The average Bonchev–Trinajstić information content (AvgIpc) is 3.47. The zero-order valence-electron chi connectivity index (χ0n) is 18.6. The highest BCUT2D eigenvalue weighted by molar-refractivity contribution is 5.93. The smallest absolute Gasteiger partial charge is 0.433 e. The summed E-state index contributed by atoms with van der Waals surface area (Å²) in [6, 6.07) is 16.4. The van der Waals surface area contributed by atoms with E-state index < -0.39 is 17.8 Å². The molecule has 10 heteroatoms. The van der Waals surface area contributed by atoms with Crippen LogP contribution in [0.4, 0.5) is 13.2 Å². The van der Waals surface area contributed by atoms with Gasteiger partial charge in [-0.25, -0.2) is 9.50 Å². The van der Waals surface area contributed by atoms with Crippen molar-refractivity contribution in [3.8, 4) is 17.0 Å². The van der Waals surface area contributed by atoms with Crippen LogP contribution in [0, 0.1) is 0 Å². The summed E-state index contributed by atoms with van der Waals surface area (Å²) in [5, 5.41) is 7.60. The minimum Gasteiger partial charge on any atom is -0.497 e. The lowest BCUT2D eigenvalue weighted by atomic mass is 10.1. The quantitative estimate of drug-likeness (QED) is 0.364. The Bertz CT molecular complexity index is 1520. The number of aromatic nitrogens is 4. The number of benzene rings is 2. The number of ether oxygens (including phenoxy) is 1. The monoisotopic (exact) mass is 479 g/mol. The fraction of sp³-hybridized carbons (Fsp3) is 0.160. The van der Waals surface area contributed by atoms with Crippen LogP contribution in [0.15, 0.2) is 66.9 Å². The molecule has 5 aromatic rings. The first-order chi connectivity index (χ1) is 16.8. The summed E-state index contributed by atoms with van der Waals surface area (Å²) < 4.78 is 47.2. The maximum Gasteiger partial charge on any atom is 0.433 e. The van der Waals surface area contributed by atoms with Gasteiger partial charge in [0.2, 0.25) is 0 Å². The van der Waals surface area contributed by atoms with E-state index >= 15 is 0 Å². The van der Waals surface area contributed by atoms with Gasteiger partial charge in [0.1, 0.15) is 5.75 Å². The van der Waals surface area contributed by atoms with Gasteiger partial charge in [-0.1, -0.05) is 30.3 Å². The molecule has 0 aliphatic heterocycles. The summed E-state index contributed by atoms with van der Waals surface area (Å²) >= 11 is 0. The van der Waals surface area contributed by atoms with Gasteiger partial charge in [-0.05, 0) is 36.2 Å². The van der Waals surface area contributed by atoms with Crippen LogP contribution in [-0.2, 0) is 12.6 Å². The van der Waals surface area contributed by atoms with Gasteiger partial charge in [-0.15, -0.1) is 0 Å². The van der Waals surface area contributed by atoms with Crippen LogP contribution in [-0.4, -0.2) is 39.1 Å². The summed E-state index contributed by atoms with van der Waals surface area (Å²) in [6.07, 6.45) is -2.32. The molecule has 0 aliphatic rings. The second-order valence-corrected chi connectivity index (χ2v) is 7.92. The van der Waals surface area contributed by atoms with Crippen molar-refractivity contribution in [3.63, 3.8) is 0 Å². The second kappa shape index (κ2) is 8.79. The Kier molecular flexibility index (Phi) is 5.64. The van der Waals surface area contributed by atoms with Gasteiger partial charge in [-0.3, -0.25) is 4.79 Å². The lowest BCUT2D eigenvalue weighted by Crippen LogP contribution is -2.26. The summed E-state index contributed by atoms with van der Waals surface area (Å²) in [5.74, 6) is 0.136.